The van der Waals surface area contributed by atoms with Gasteiger partial charge in [0.1, 0.15) is 17.1 Å². The van der Waals surface area contributed by atoms with Crippen molar-refractivity contribution in [3.8, 4) is 16.9 Å². The minimum atomic E-state index is -0.617. The zero-order valence-corrected chi connectivity index (χ0v) is 24.6. The van der Waals surface area contributed by atoms with E-state index in [-0.39, 0.29) is 46.0 Å². The highest BCUT2D eigenvalue weighted by Gasteiger charge is 2.32. The van der Waals surface area contributed by atoms with Gasteiger partial charge in [-0.05, 0) is 81.1 Å². The topological polar surface area (TPSA) is 108 Å². The Morgan fingerprint density at radius 2 is 2.05 bits per heavy atom. The lowest BCUT2D eigenvalue weighted by atomic mass is 9.89. The van der Waals surface area contributed by atoms with Crippen LogP contribution in [0.2, 0.25) is 5.02 Å². The van der Waals surface area contributed by atoms with Crippen LogP contribution in [0.15, 0.2) is 24.3 Å². The Hall–Kier alpha value is -3.27. The van der Waals surface area contributed by atoms with Crippen molar-refractivity contribution in [2.24, 2.45) is 5.73 Å². The molecular formula is C31H38ClFN6O2. The minimum Gasteiger partial charge on any atom is -0.508 e. The van der Waals surface area contributed by atoms with Crippen LogP contribution in [0.4, 0.5) is 16.2 Å². The quantitative estimate of drug-likeness (QED) is 0.281. The number of likely N-dealkylation sites (N-methyl/N-ethyl adjacent to an activating group) is 1. The zero-order chi connectivity index (χ0) is 29.3. The third kappa shape index (κ3) is 6.17. The normalized spacial score (nSPS) is 15.7. The number of nitrogens with zero attached hydrogens (tertiary/aromatic N) is 4. The second-order valence-corrected chi connectivity index (χ2v) is 11.7. The number of phenols is 1. The Bertz CT molecular complexity index is 1490. The van der Waals surface area contributed by atoms with Gasteiger partial charge in [0.2, 0.25) is 11.9 Å². The van der Waals surface area contributed by atoms with Gasteiger partial charge in [0, 0.05) is 42.5 Å². The maximum absolute atomic E-state index is 16.5. The fraction of sp³-hybridized carbons (Fsp3) is 0.452. The van der Waals surface area contributed by atoms with E-state index < -0.39 is 5.82 Å². The summed E-state index contributed by atoms with van der Waals surface area (Å²) < 4.78 is 16.5. The molecule has 0 spiro atoms. The Kier molecular flexibility index (Phi) is 8.77. The third-order valence-electron chi connectivity index (χ3n) is 8.03. The van der Waals surface area contributed by atoms with Gasteiger partial charge >= 0.3 is 0 Å². The Morgan fingerprint density at radius 1 is 1.27 bits per heavy atom. The van der Waals surface area contributed by atoms with Gasteiger partial charge in [-0.1, -0.05) is 37.1 Å². The fourth-order valence-electron chi connectivity index (χ4n) is 5.59. The number of benzene rings is 2. The van der Waals surface area contributed by atoms with Gasteiger partial charge in [-0.3, -0.25) is 4.79 Å². The third-order valence-corrected chi connectivity index (χ3v) is 8.33. The lowest BCUT2D eigenvalue weighted by molar-refractivity contribution is -0.116. The number of aromatic hydroxyl groups is 1. The largest absolute Gasteiger partial charge is 0.508 e. The standard InChI is InChI=1S/C31H38ClFN6O2/c1-4-8-19(34)10-7-12-26(41)35-30-24-15-25(32)27(23-14-21(40)13-18-9-5-6-11-22(18)23)28(33)29(24)36-31(37-30)39-16-20(17-39)38(2)3/h6,11,13-15,19-20,40H,4-5,7-10,12,16-17,34H2,1-3H3,(H,35,36,37,41)/t19-/m0/s1. The number of phenolic OH excluding ortho intramolecular Hbond substituents is 1. The molecule has 0 bridgehead atoms. The molecule has 41 heavy (non-hydrogen) atoms. The molecule has 1 amide bonds. The molecule has 1 fully saturated rings. The van der Waals surface area contributed by atoms with E-state index in [1.807, 2.05) is 31.1 Å². The van der Waals surface area contributed by atoms with E-state index in [2.05, 4.69) is 27.1 Å². The molecular weight excluding hydrogens is 543 g/mol. The zero-order valence-electron chi connectivity index (χ0n) is 23.9. The number of aryl methyl sites for hydroxylation is 1. The summed E-state index contributed by atoms with van der Waals surface area (Å²) in [7, 11) is 4.03. The van der Waals surface area contributed by atoms with E-state index in [0.717, 1.165) is 43.2 Å². The summed E-state index contributed by atoms with van der Waals surface area (Å²) in [5.41, 5.74) is 8.62. The van der Waals surface area contributed by atoms with E-state index in [0.29, 0.717) is 42.5 Å². The van der Waals surface area contributed by atoms with Gasteiger partial charge < -0.3 is 26.0 Å². The maximum Gasteiger partial charge on any atom is 0.228 e. The molecule has 1 aliphatic heterocycles. The number of anilines is 2. The van der Waals surface area contributed by atoms with Crippen molar-refractivity contribution in [1.82, 2.24) is 14.9 Å². The highest BCUT2D eigenvalue weighted by Crippen LogP contribution is 2.42. The number of amides is 1. The first kappa shape index (κ1) is 29.2. The summed E-state index contributed by atoms with van der Waals surface area (Å²) in [6.07, 6.45) is 9.17. The van der Waals surface area contributed by atoms with Crippen LogP contribution in [0.5, 0.6) is 5.75 Å². The number of nitrogens with one attached hydrogen (secondary N) is 1. The summed E-state index contributed by atoms with van der Waals surface area (Å²) in [5.74, 6) is -0.210. The van der Waals surface area contributed by atoms with Gasteiger partial charge in [-0.25, -0.2) is 9.37 Å². The lowest BCUT2D eigenvalue weighted by Crippen LogP contribution is -2.58. The van der Waals surface area contributed by atoms with Crippen molar-refractivity contribution < 1.29 is 14.3 Å². The van der Waals surface area contributed by atoms with Gasteiger partial charge in [-0.2, -0.15) is 4.98 Å². The fourth-order valence-corrected chi connectivity index (χ4v) is 5.89. The molecule has 1 saturated heterocycles. The van der Waals surface area contributed by atoms with E-state index in [4.69, 9.17) is 17.3 Å². The van der Waals surface area contributed by atoms with Crippen molar-refractivity contribution in [2.75, 3.05) is 37.4 Å². The van der Waals surface area contributed by atoms with Crippen molar-refractivity contribution >= 4 is 46.3 Å². The number of hydrogen-bond donors (Lipinski definition) is 3. The molecule has 2 aliphatic rings. The van der Waals surface area contributed by atoms with Crippen LogP contribution in [-0.2, 0) is 11.2 Å². The number of aromatic nitrogens is 2. The highest BCUT2D eigenvalue weighted by atomic mass is 35.5. The van der Waals surface area contributed by atoms with E-state index >= 15 is 4.39 Å². The molecule has 3 aromatic rings. The van der Waals surface area contributed by atoms with Gasteiger partial charge in [0.15, 0.2) is 5.82 Å². The molecule has 2 heterocycles. The molecule has 218 valence electrons. The van der Waals surface area contributed by atoms with E-state index in [1.165, 1.54) is 6.07 Å². The van der Waals surface area contributed by atoms with Crippen LogP contribution >= 0.6 is 11.6 Å². The second kappa shape index (κ2) is 12.3. The predicted octanol–water partition coefficient (Wildman–Crippen LogP) is 5.74. The molecule has 1 aromatic heterocycles. The highest BCUT2D eigenvalue weighted by molar-refractivity contribution is 6.34. The number of hydrogen-bond acceptors (Lipinski definition) is 7. The molecule has 5 rings (SSSR count). The summed E-state index contributed by atoms with van der Waals surface area (Å²) in [5, 5.41) is 13.8. The monoisotopic (exact) mass is 580 g/mol. The van der Waals surface area contributed by atoms with Crippen LogP contribution in [0.25, 0.3) is 28.1 Å². The average Bonchev–Trinajstić information content (AvgIpc) is 2.88. The Balaban J connectivity index is 1.55. The number of halogens is 2. The van der Waals surface area contributed by atoms with Gasteiger partial charge in [-0.15, -0.1) is 0 Å². The van der Waals surface area contributed by atoms with Gasteiger partial charge in [0.05, 0.1) is 5.02 Å². The Labute approximate surface area is 245 Å². The van der Waals surface area contributed by atoms with E-state index in [1.54, 1.807) is 12.1 Å². The van der Waals surface area contributed by atoms with Crippen molar-refractivity contribution in [2.45, 2.75) is 64.0 Å². The summed E-state index contributed by atoms with van der Waals surface area (Å²) >= 11 is 6.75. The number of nitrogens with two attached hydrogens (primary N) is 1. The minimum absolute atomic E-state index is 0.0508. The van der Waals surface area contributed by atoms with Gasteiger partial charge in [0.25, 0.3) is 0 Å². The van der Waals surface area contributed by atoms with E-state index in [9.17, 15) is 9.90 Å². The number of rotatable bonds is 10. The first-order valence-electron chi connectivity index (χ1n) is 14.4. The van der Waals surface area contributed by atoms with Crippen LogP contribution in [0.1, 0.15) is 56.6 Å². The molecule has 10 heteroatoms. The smallest absolute Gasteiger partial charge is 0.228 e. The summed E-state index contributed by atoms with van der Waals surface area (Å²) in [6.45, 7) is 3.47. The number of carbonyl (C=O) groups is 1. The first-order valence-corrected chi connectivity index (χ1v) is 14.7. The first-order chi connectivity index (χ1) is 19.7. The lowest BCUT2D eigenvalue weighted by Gasteiger charge is -2.42. The number of carbonyl (C=O) groups excluding carboxylic acids is 1. The SMILES string of the molecule is CCC[C@H](N)CCCC(=O)Nc1nc(N2CC(N(C)C)C2)nc2c(F)c(-c3cc(O)cc4c3C=CCC4)c(Cl)cc12. The average molecular weight is 581 g/mol. The number of fused-ring (bicyclic) bond motifs is 2. The van der Waals surface area contributed by atoms with Crippen molar-refractivity contribution in [1.29, 1.82) is 0 Å². The molecule has 1 atom stereocenters. The van der Waals surface area contributed by atoms with Crippen LogP contribution in [0.3, 0.4) is 0 Å². The second-order valence-electron chi connectivity index (χ2n) is 11.3. The molecule has 0 unspecified atom stereocenters. The predicted molar refractivity (Wildman–Crippen MR) is 164 cm³/mol. The molecule has 1 aliphatic carbocycles. The Morgan fingerprint density at radius 3 is 2.78 bits per heavy atom. The van der Waals surface area contributed by atoms with Crippen molar-refractivity contribution in [3.05, 3.63) is 46.2 Å². The van der Waals surface area contributed by atoms with Crippen LogP contribution in [0, 0.1) is 5.82 Å². The maximum atomic E-state index is 16.5. The molecule has 4 N–H and O–H groups in total. The molecule has 0 saturated carbocycles. The van der Waals surface area contributed by atoms with Crippen LogP contribution < -0.4 is 16.0 Å². The molecule has 2 aromatic carbocycles. The van der Waals surface area contributed by atoms with Crippen molar-refractivity contribution in [3.63, 3.8) is 0 Å². The number of allylic oxidation sites excluding steroid dienone is 1. The summed E-state index contributed by atoms with van der Waals surface area (Å²) in [4.78, 5) is 26.4. The van der Waals surface area contributed by atoms with Crippen LogP contribution in [-0.4, -0.2) is 65.2 Å². The molecule has 8 nitrogen and oxygen atoms in total. The summed E-state index contributed by atoms with van der Waals surface area (Å²) in [6, 6.07) is 5.25. The molecule has 0 radical (unpaired) electrons.